The third-order valence-corrected chi connectivity index (χ3v) is 0. The van der Waals surface area contributed by atoms with E-state index < -0.39 is 46.9 Å². The van der Waals surface area contributed by atoms with Crippen molar-refractivity contribution >= 4 is 46.9 Å². The normalized spacial score (nSPS) is 11.4. The fourth-order valence-corrected chi connectivity index (χ4v) is 0. The van der Waals surface area contributed by atoms with Gasteiger partial charge in [0.25, 0.3) is 0 Å². The van der Waals surface area contributed by atoms with Gasteiger partial charge in [0.15, 0.2) is 0 Å². The van der Waals surface area contributed by atoms with Crippen LogP contribution in [-0.4, -0.2) is 93.6 Å². The zero-order valence-corrected chi connectivity index (χ0v) is 19.0. The molecule has 0 spiro atoms. The Morgan fingerprint density at radius 1 is 0.226 bits per heavy atom. The largest absolute Gasteiger partial charge is 0.466 e. The maximum Gasteiger partial charge on any atom is 0.466 e. The summed E-state index contributed by atoms with van der Waals surface area (Å²) in [5, 5.41) is 0. The van der Waals surface area contributed by atoms with Crippen molar-refractivity contribution in [1.82, 2.24) is 0 Å². The van der Waals surface area contributed by atoms with E-state index in [1.807, 2.05) is 0 Å². The Hall–Kier alpha value is 0.620. The Morgan fingerprint density at radius 3 is 0.226 bits per heavy atom. The number of phosphoric acid groups is 6. The molecule has 0 aliphatic rings. The first-order valence-electron chi connectivity index (χ1n) is 4.70. The van der Waals surface area contributed by atoms with Crippen LogP contribution >= 0.6 is 46.9 Å². The molecule has 20 N–H and O–H groups in total. The predicted octanol–water partition coefficient (Wildman–Crippen LogP) is -6.40. The summed E-state index contributed by atoms with van der Waals surface area (Å²) in [6.07, 6.45) is 0. The molecule has 0 atom stereocenters. The smallest absolute Gasteiger partial charge is 0.412 e. The van der Waals surface area contributed by atoms with Crippen molar-refractivity contribution in [2.75, 3.05) is 0 Å². The fraction of sp³-hybridized carbons (Fsp3) is 0. The van der Waals surface area contributed by atoms with Gasteiger partial charge in [0.2, 0.25) is 0 Å². The molecule has 0 heterocycles. The third kappa shape index (κ3) is 65200. The SMILES string of the molecule is O.O=P(O)(O)O.O=P(O)(O)O.O=P(O)(O)O.O=P(O)(O)O.O=P(O)(O)O.O=P(O)(O)O. The molecule has 31 heteroatoms. The molecule has 0 aliphatic carbocycles. The standard InChI is InChI=1S/6H3O4P.H2O/c6*1-5(2,3)4;/h6*(H3,1,2,3,4);1H2. The first-order chi connectivity index (χ1) is 12.0. The van der Waals surface area contributed by atoms with Crippen LogP contribution in [-0.2, 0) is 27.4 Å². The molecule has 0 fully saturated rings. The van der Waals surface area contributed by atoms with Crippen LogP contribution in [0.5, 0.6) is 0 Å². The molecule has 200 valence electrons. The fourth-order valence-electron chi connectivity index (χ4n) is 0. The van der Waals surface area contributed by atoms with Crippen molar-refractivity contribution in [3.05, 3.63) is 0 Å². The van der Waals surface area contributed by atoms with Crippen molar-refractivity contribution in [2.24, 2.45) is 0 Å². The van der Waals surface area contributed by atoms with Gasteiger partial charge in [-0.05, 0) is 0 Å². The summed E-state index contributed by atoms with van der Waals surface area (Å²) in [5.41, 5.74) is 0. The maximum absolute atomic E-state index is 8.88. The van der Waals surface area contributed by atoms with E-state index in [0.29, 0.717) is 0 Å². The van der Waals surface area contributed by atoms with Crippen molar-refractivity contribution < 1.29 is 121 Å². The summed E-state index contributed by atoms with van der Waals surface area (Å²) in [6.45, 7) is 0. The van der Waals surface area contributed by atoms with Crippen LogP contribution in [0.15, 0.2) is 0 Å². The van der Waals surface area contributed by atoms with Gasteiger partial charge in [-0.3, -0.25) is 0 Å². The highest BCUT2D eigenvalue weighted by Crippen LogP contribution is 2.27. The summed E-state index contributed by atoms with van der Waals surface area (Å²) in [4.78, 5) is 129. The molecule has 0 aromatic rings. The van der Waals surface area contributed by atoms with Crippen LogP contribution < -0.4 is 0 Å². The molecule has 0 radical (unpaired) electrons. The summed E-state index contributed by atoms with van der Waals surface area (Å²) in [6, 6.07) is 0. The highest BCUT2D eigenvalue weighted by atomic mass is 31.2. The molecule has 0 aromatic carbocycles. The van der Waals surface area contributed by atoms with Gasteiger partial charge in [-0.25, -0.2) is 27.4 Å². The lowest BCUT2D eigenvalue weighted by Gasteiger charge is -1.82. The van der Waals surface area contributed by atoms with Crippen LogP contribution in [0.4, 0.5) is 0 Å². The first-order valence-corrected chi connectivity index (χ1v) is 14.1. The molecule has 31 heavy (non-hydrogen) atoms. The van der Waals surface area contributed by atoms with E-state index in [4.69, 9.17) is 115 Å². The second kappa shape index (κ2) is 20.0. The summed E-state index contributed by atoms with van der Waals surface area (Å²) >= 11 is 0. The lowest BCUT2D eigenvalue weighted by atomic mass is 15.8. The average molecular weight is 606 g/mol. The van der Waals surface area contributed by atoms with Gasteiger partial charge < -0.3 is 93.6 Å². The van der Waals surface area contributed by atoms with E-state index in [9.17, 15) is 0 Å². The number of hydrogen-bond acceptors (Lipinski definition) is 6. The zero-order valence-electron chi connectivity index (χ0n) is 13.7. The summed E-state index contributed by atoms with van der Waals surface area (Å²) in [7, 11) is -27.8. The van der Waals surface area contributed by atoms with Gasteiger partial charge in [0, 0.05) is 0 Å². The van der Waals surface area contributed by atoms with Crippen molar-refractivity contribution in [2.45, 2.75) is 0 Å². The van der Waals surface area contributed by atoms with Crippen LogP contribution in [0.25, 0.3) is 0 Å². The number of hydrogen-bond donors (Lipinski definition) is 18. The lowest BCUT2D eigenvalue weighted by Crippen LogP contribution is -1.66. The van der Waals surface area contributed by atoms with Crippen molar-refractivity contribution in [3.63, 3.8) is 0 Å². The Labute approximate surface area is 168 Å². The van der Waals surface area contributed by atoms with Crippen LogP contribution in [0.3, 0.4) is 0 Å². The topological polar surface area (TPSA) is 498 Å². The molecule has 0 amide bonds. The average Bonchev–Trinajstić information content (AvgIpc) is 1.94. The maximum atomic E-state index is 8.88. The van der Waals surface area contributed by atoms with E-state index in [1.54, 1.807) is 0 Å². The van der Waals surface area contributed by atoms with Gasteiger partial charge in [-0.15, -0.1) is 0 Å². The molecule has 25 nitrogen and oxygen atoms in total. The quantitative estimate of drug-likeness (QED) is 0.114. The van der Waals surface area contributed by atoms with Crippen LogP contribution in [0.1, 0.15) is 0 Å². The van der Waals surface area contributed by atoms with Gasteiger partial charge in [0.1, 0.15) is 0 Å². The second-order valence-corrected chi connectivity index (χ2v) is 9.24. The second-order valence-electron chi connectivity index (χ2n) is 3.08. The predicted molar refractivity (Wildman–Crippen MR) is 89.2 cm³/mol. The highest BCUT2D eigenvalue weighted by Gasteiger charge is 2.02. The molecular formula is H20O25P6. The van der Waals surface area contributed by atoms with Gasteiger partial charge >= 0.3 is 46.9 Å². The lowest BCUT2D eigenvalue weighted by molar-refractivity contribution is 0.272. The minimum absolute atomic E-state index is 0. The molecule has 0 saturated carbocycles. The van der Waals surface area contributed by atoms with E-state index in [2.05, 4.69) is 0 Å². The minimum Gasteiger partial charge on any atom is -0.412 e. The Kier molecular flexibility index (Phi) is 31.6. The molecule has 0 unspecified atom stereocenters. The zero-order chi connectivity index (χ0) is 27.0. The van der Waals surface area contributed by atoms with E-state index in [-0.39, 0.29) is 5.48 Å². The molecule has 0 aliphatic heterocycles. The van der Waals surface area contributed by atoms with Gasteiger partial charge in [-0.2, -0.15) is 0 Å². The van der Waals surface area contributed by atoms with Crippen LogP contribution in [0, 0.1) is 0 Å². The number of rotatable bonds is 0. The minimum atomic E-state index is -4.64. The van der Waals surface area contributed by atoms with Gasteiger partial charge in [-0.1, -0.05) is 0 Å². The van der Waals surface area contributed by atoms with E-state index in [0.717, 1.165) is 0 Å². The van der Waals surface area contributed by atoms with E-state index >= 15 is 0 Å². The van der Waals surface area contributed by atoms with E-state index in [1.165, 1.54) is 0 Å². The monoisotopic (exact) mass is 606 g/mol. The van der Waals surface area contributed by atoms with Crippen LogP contribution in [0.2, 0.25) is 0 Å². The summed E-state index contributed by atoms with van der Waals surface area (Å²) in [5.74, 6) is 0. The summed E-state index contributed by atoms with van der Waals surface area (Å²) < 4.78 is 53.3. The Morgan fingerprint density at radius 2 is 0.226 bits per heavy atom. The highest BCUT2D eigenvalue weighted by molar-refractivity contribution is 7.46. The molecule has 0 rings (SSSR count). The molecular weight excluding hydrogens is 586 g/mol. The Balaban J connectivity index is -0.0000000443. The molecule has 0 aromatic heterocycles. The van der Waals surface area contributed by atoms with Crippen molar-refractivity contribution in [1.29, 1.82) is 0 Å². The Bertz CT molecular complexity index is 454. The first kappa shape index (κ1) is 48.9. The van der Waals surface area contributed by atoms with Crippen molar-refractivity contribution in [3.8, 4) is 0 Å². The third-order valence-electron chi connectivity index (χ3n) is 0. The molecule has 0 saturated heterocycles. The molecule has 0 bridgehead atoms. The van der Waals surface area contributed by atoms with Gasteiger partial charge in [0.05, 0.1) is 0 Å².